The maximum Gasteiger partial charge on any atom is 0.238 e. The number of rotatable bonds is 6. The number of nitrogens with zero attached hydrogens (tertiary/aromatic N) is 3. The summed E-state index contributed by atoms with van der Waals surface area (Å²) in [6, 6.07) is 5.67. The standard InChI is InChI=1S/C21H33N5O2/c1-17-6-7-18(22-20(27)15-26-12-10-24(2)11-13-26)14-19(17)23-21(28)16-25-8-4-3-5-9-25/h6-7,14H,3-5,8-13,15-16H2,1-2H3,(H,22,27)(H,23,28). The Kier molecular flexibility index (Phi) is 7.42. The molecule has 2 aliphatic rings. The van der Waals surface area contributed by atoms with E-state index in [1.807, 2.05) is 25.1 Å². The number of hydrogen-bond acceptors (Lipinski definition) is 5. The highest BCUT2D eigenvalue weighted by molar-refractivity contribution is 5.96. The Morgan fingerprint density at radius 3 is 2.14 bits per heavy atom. The van der Waals surface area contributed by atoms with Crippen molar-refractivity contribution >= 4 is 23.2 Å². The van der Waals surface area contributed by atoms with E-state index in [0.29, 0.717) is 13.1 Å². The molecule has 0 unspecified atom stereocenters. The fraction of sp³-hybridized carbons (Fsp3) is 0.619. The van der Waals surface area contributed by atoms with Gasteiger partial charge < -0.3 is 15.5 Å². The lowest BCUT2D eigenvalue weighted by Crippen LogP contribution is -2.47. The molecule has 0 saturated carbocycles. The van der Waals surface area contributed by atoms with Crippen LogP contribution in [0.5, 0.6) is 0 Å². The summed E-state index contributed by atoms with van der Waals surface area (Å²) in [4.78, 5) is 31.4. The van der Waals surface area contributed by atoms with E-state index in [0.717, 1.165) is 56.2 Å². The monoisotopic (exact) mass is 387 g/mol. The topological polar surface area (TPSA) is 67.9 Å². The van der Waals surface area contributed by atoms with E-state index in [-0.39, 0.29) is 11.8 Å². The number of piperazine rings is 1. The third-order valence-corrected chi connectivity index (χ3v) is 5.57. The van der Waals surface area contributed by atoms with Crippen molar-refractivity contribution in [1.82, 2.24) is 14.7 Å². The van der Waals surface area contributed by atoms with Crippen LogP contribution in [0.4, 0.5) is 11.4 Å². The van der Waals surface area contributed by atoms with Crippen LogP contribution in [-0.2, 0) is 9.59 Å². The van der Waals surface area contributed by atoms with Crippen molar-refractivity contribution in [3.05, 3.63) is 23.8 Å². The number of piperidine rings is 1. The zero-order chi connectivity index (χ0) is 19.9. The minimum absolute atomic E-state index is 0.00548. The van der Waals surface area contributed by atoms with Crippen molar-refractivity contribution in [3.8, 4) is 0 Å². The summed E-state index contributed by atoms with van der Waals surface area (Å²) in [7, 11) is 2.10. The number of benzene rings is 1. The van der Waals surface area contributed by atoms with Crippen LogP contribution < -0.4 is 10.6 Å². The van der Waals surface area contributed by atoms with Crippen LogP contribution in [0.2, 0.25) is 0 Å². The smallest absolute Gasteiger partial charge is 0.238 e. The second-order valence-electron chi connectivity index (χ2n) is 8.04. The highest BCUT2D eigenvalue weighted by Crippen LogP contribution is 2.20. The van der Waals surface area contributed by atoms with Crippen molar-refractivity contribution in [2.45, 2.75) is 26.2 Å². The molecule has 28 heavy (non-hydrogen) atoms. The predicted octanol–water partition coefficient (Wildman–Crippen LogP) is 1.61. The number of hydrogen-bond donors (Lipinski definition) is 2. The Bertz CT molecular complexity index is 679. The van der Waals surface area contributed by atoms with E-state index < -0.39 is 0 Å². The highest BCUT2D eigenvalue weighted by Gasteiger charge is 2.17. The number of aryl methyl sites for hydroxylation is 1. The summed E-state index contributed by atoms with van der Waals surface area (Å²) < 4.78 is 0. The van der Waals surface area contributed by atoms with Gasteiger partial charge in [-0.05, 0) is 57.6 Å². The maximum absolute atomic E-state index is 12.4. The lowest BCUT2D eigenvalue weighted by atomic mass is 10.1. The zero-order valence-electron chi connectivity index (χ0n) is 17.2. The number of carbonyl (C=O) groups excluding carboxylic acids is 2. The van der Waals surface area contributed by atoms with E-state index in [1.54, 1.807) is 0 Å². The fourth-order valence-electron chi connectivity index (χ4n) is 3.75. The molecule has 2 amide bonds. The number of amides is 2. The summed E-state index contributed by atoms with van der Waals surface area (Å²) in [5, 5.41) is 5.98. The number of likely N-dealkylation sites (tertiary alicyclic amines) is 1. The summed E-state index contributed by atoms with van der Waals surface area (Å²) in [6.45, 7) is 8.59. The summed E-state index contributed by atoms with van der Waals surface area (Å²) in [5.74, 6) is -0.00934. The molecule has 1 aromatic rings. The van der Waals surface area contributed by atoms with Gasteiger partial charge in [-0.3, -0.25) is 19.4 Å². The summed E-state index contributed by atoms with van der Waals surface area (Å²) in [6.07, 6.45) is 3.59. The van der Waals surface area contributed by atoms with E-state index in [9.17, 15) is 9.59 Å². The molecular weight excluding hydrogens is 354 g/mol. The third kappa shape index (κ3) is 6.29. The molecule has 0 aromatic heterocycles. The molecule has 0 aliphatic carbocycles. The molecule has 154 valence electrons. The first-order chi connectivity index (χ1) is 13.5. The van der Waals surface area contributed by atoms with Crippen LogP contribution in [-0.4, -0.2) is 85.9 Å². The van der Waals surface area contributed by atoms with Crippen LogP contribution >= 0.6 is 0 Å². The van der Waals surface area contributed by atoms with Crippen LogP contribution in [0.1, 0.15) is 24.8 Å². The fourth-order valence-corrected chi connectivity index (χ4v) is 3.75. The zero-order valence-corrected chi connectivity index (χ0v) is 17.2. The molecule has 0 bridgehead atoms. The Hall–Kier alpha value is -1.96. The van der Waals surface area contributed by atoms with Gasteiger partial charge in [-0.25, -0.2) is 0 Å². The first kappa shape index (κ1) is 20.8. The van der Waals surface area contributed by atoms with Gasteiger partial charge in [-0.1, -0.05) is 12.5 Å². The minimum Gasteiger partial charge on any atom is -0.325 e. The Balaban J connectivity index is 1.52. The molecular formula is C21H33N5O2. The van der Waals surface area contributed by atoms with Crippen LogP contribution in [0.15, 0.2) is 18.2 Å². The second kappa shape index (κ2) is 10.0. The molecule has 7 nitrogen and oxygen atoms in total. The van der Waals surface area contributed by atoms with Gasteiger partial charge in [0.25, 0.3) is 0 Å². The molecule has 0 atom stereocenters. The van der Waals surface area contributed by atoms with Crippen molar-refractivity contribution in [1.29, 1.82) is 0 Å². The highest BCUT2D eigenvalue weighted by atomic mass is 16.2. The van der Waals surface area contributed by atoms with Crippen molar-refractivity contribution in [2.75, 3.05) is 70.0 Å². The van der Waals surface area contributed by atoms with Gasteiger partial charge in [0, 0.05) is 37.6 Å². The lowest BCUT2D eigenvalue weighted by Gasteiger charge is -2.31. The normalized spacial score (nSPS) is 19.4. The first-order valence-electron chi connectivity index (χ1n) is 10.3. The van der Waals surface area contributed by atoms with Gasteiger partial charge >= 0.3 is 0 Å². The molecule has 2 aliphatic heterocycles. The first-order valence-corrected chi connectivity index (χ1v) is 10.3. The Labute approximate surface area is 168 Å². The molecule has 3 rings (SSSR count). The van der Waals surface area contributed by atoms with Crippen molar-refractivity contribution in [2.24, 2.45) is 0 Å². The van der Waals surface area contributed by atoms with Crippen LogP contribution in [0.25, 0.3) is 0 Å². The van der Waals surface area contributed by atoms with Crippen LogP contribution in [0, 0.1) is 6.92 Å². The number of anilines is 2. The summed E-state index contributed by atoms with van der Waals surface area (Å²) >= 11 is 0. The maximum atomic E-state index is 12.4. The van der Waals surface area contributed by atoms with Gasteiger partial charge in [0.1, 0.15) is 0 Å². The second-order valence-corrected chi connectivity index (χ2v) is 8.04. The van der Waals surface area contributed by atoms with Crippen molar-refractivity contribution in [3.63, 3.8) is 0 Å². The third-order valence-electron chi connectivity index (χ3n) is 5.57. The lowest BCUT2D eigenvalue weighted by molar-refractivity contribution is -0.118. The van der Waals surface area contributed by atoms with E-state index in [4.69, 9.17) is 0 Å². The Morgan fingerprint density at radius 2 is 1.46 bits per heavy atom. The van der Waals surface area contributed by atoms with Gasteiger partial charge in [0.15, 0.2) is 0 Å². The largest absolute Gasteiger partial charge is 0.325 e. The number of likely N-dealkylation sites (N-methyl/N-ethyl adjacent to an activating group) is 1. The Morgan fingerprint density at radius 1 is 0.857 bits per heavy atom. The number of carbonyl (C=O) groups is 2. The molecule has 2 N–H and O–H groups in total. The van der Waals surface area contributed by atoms with Gasteiger partial charge in [-0.15, -0.1) is 0 Å². The quantitative estimate of drug-likeness (QED) is 0.776. The van der Waals surface area contributed by atoms with E-state index in [1.165, 1.54) is 19.3 Å². The average molecular weight is 388 g/mol. The molecule has 0 radical (unpaired) electrons. The SMILES string of the molecule is Cc1ccc(NC(=O)CN2CCN(C)CC2)cc1NC(=O)CN1CCCCC1. The minimum atomic E-state index is -0.0148. The molecule has 2 heterocycles. The average Bonchev–Trinajstić information content (AvgIpc) is 2.67. The van der Waals surface area contributed by atoms with Gasteiger partial charge in [-0.2, -0.15) is 0 Å². The number of nitrogens with one attached hydrogen (secondary N) is 2. The molecule has 1 aromatic carbocycles. The predicted molar refractivity (Wildman–Crippen MR) is 113 cm³/mol. The molecule has 0 spiro atoms. The molecule has 2 fully saturated rings. The summed E-state index contributed by atoms with van der Waals surface area (Å²) in [5.41, 5.74) is 2.47. The van der Waals surface area contributed by atoms with E-state index in [2.05, 4.69) is 32.4 Å². The molecule has 2 saturated heterocycles. The van der Waals surface area contributed by atoms with Crippen LogP contribution in [0.3, 0.4) is 0 Å². The van der Waals surface area contributed by atoms with Crippen molar-refractivity contribution < 1.29 is 9.59 Å². The van der Waals surface area contributed by atoms with Gasteiger partial charge in [0.2, 0.25) is 11.8 Å². The molecule has 7 heteroatoms. The van der Waals surface area contributed by atoms with E-state index >= 15 is 0 Å². The van der Waals surface area contributed by atoms with Gasteiger partial charge in [0.05, 0.1) is 13.1 Å².